The van der Waals surface area contributed by atoms with Gasteiger partial charge in [-0.25, -0.2) is 9.67 Å². The summed E-state index contributed by atoms with van der Waals surface area (Å²) < 4.78 is 40.8. The minimum Gasteiger partial charge on any atom is -0.352 e. The molecule has 2 rings (SSSR count). The lowest BCUT2D eigenvalue weighted by Gasteiger charge is -2.13. The third kappa shape index (κ3) is 3.97. The summed E-state index contributed by atoms with van der Waals surface area (Å²) in [4.78, 5) is 15.7. The van der Waals surface area contributed by atoms with E-state index in [0.29, 0.717) is 17.6 Å². The average molecular weight is 382 g/mol. The van der Waals surface area contributed by atoms with Gasteiger partial charge in [0.1, 0.15) is 0 Å². The summed E-state index contributed by atoms with van der Waals surface area (Å²) in [6.07, 6.45) is -2.47. The van der Waals surface area contributed by atoms with Crippen molar-refractivity contribution in [3.05, 3.63) is 39.8 Å². The number of alkyl halides is 3. The molecule has 6 nitrogen and oxygen atoms in total. The monoisotopic (exact) mass is 381 g/mol. The first-order chi connectivity index (χ1) is 11.3. The molecule has 0 aliphatic carbocycles. The molecule has 0 bridgehead atoms. The maximum Gasteiger partial charge on any atom is 0.434 e. The molecule has 2 aromatic rings. The number of pyridine rings is 1. The number of hydrogen-bond acceptors (Lipinski definition) is 4. The van der Waals surface area contributed by atoms with E-state index >= 15 is 0 Å². The van der Waals surface area contributed by atoms with Crippen molar-refractivity contribution in [2.45, 2.75) is 12.6 Å². The molecular formula is C13H12Cl2F3N5O. The molecule has 3 N–H and O–H groups in total. The minimum atomic E-state index is -4.85. The van der Waals surface area contributed by atoms with E-state index in [0.717, 1.165) is 12.4 Å². The normalized spacial score (nSPS) is 11.6. The third-order valence-corrected chi connectivity index (χ3v) is 3.42. The van der Waals surface area contributed by atoms with Crippen molar-refractivity contribution in [1.29, 1.82) is 0 Å². The van der Waals surface area contributed by atoms with Gasteiger partial charge in [0, 0.05) is 12.7 Å². The van der Waals surface area contributed by atoms with Crippen LogP contribution in [0.3, 0.4) is 0 Å². The molecule has 11 heteroatoms. The van der Waals surface area contributed by atoms with Crippen LogP contribution in [-0.4, -0.2) is 33.8 Å². The van der Waals surface area contributed by atoms with Gasteiger partial charge < -0.3 is 11.1 Å². The molecular weight excluding hydrogens is 370 g/mol. The Bertz CT molecular complexity index is 748. The summed E-state index contributed by atoms with van der Waals surface area (Å²) in [7, 11) is 0. The van der Waals surface area contributed by atoms with Crippen LogP contribution in [0.2, 0.25) is 10.0 Å². The zero-order chi connectivity index (χ0) is 17.9. The lowest BCUT2D eigenvalue weighted by atomic mass is 10.2. The van der Waals surface area contributed by atoms with Crippen LogP contribution in [0.15, 0.2) is 18.5 Å². The highest BCUT2D eigenvalue weighted by molar-refractivity contribution is 6.35. The first-order valence-corrected chi connectivity index (χ1v) is 7.46. The van der Waals surface area contributed by atoms with Crippen LogP contribution >= 0.6 is 23.2 Å². The van der Waals surface area contributed by atoms with Gasteiger partial charge in [-0.05, 0) is 19.0 Å². The zero-order valence-electron chi connectivity index (χ0n) is 12.1. The number of carbonyl (C=O) groups is 1. The van der Waals surface area contributed by atoms with E-state index in [1.54, 1.807) is 0 Å². The summed E-state index contributed by atoms with van der Waals surface area (Å²) >= 11 is 11.6. The summed E-state index contributed by atoms with van der Waals surface area (Å²) in [6.45, 7) is 0.452. The Morgan fingerprint density at radius 2 is 2.04 bits per heavy atom. The summed E-state index contributed by atoms with van der Waals surface area (Å²) in [6, 6.07) is 1.23. The molecule has 2 heterocycles. The molecule has 2 aromatic heterocycles. The van der Waals surface area contributed by atoms with E-state index in [4.69, 9.17) is 28.9 Å². The molecule has 0 aromatic carbocycles. The number of halogens is 5. The molecule has 24 heavy (non-hydrogen) atoms. The first kappa shape index (κ1) is 18.5. The maximum atomic E-state index is 13.4. The average Bonchev–Trinajstić information content (AvgIpc) is 2.92. The number of carbonyl (C=O) groups excluding carboxylic acids is 1. The standard InChI is InChI=1S/C13H12Cl2F3N5O/c14-7-4-9(15)11(21-5-7)23-10(13(16,17)18)8(6-22-23)12(24)20-3-1-2-19/h4-6H,1-3,19H2,(H,20,24). The van der Waals surface area contributed by atoms with Gasteiger partial charge in [-0.1, -0.05) is 23.2 Å². The van der Waals surface area contributed by atoms with Crippen molar-refractivity contribution in [1.82, 2.24) is 20.1 Å². The van der Waals surface area contributed by atoms with E-state index < -0.39 is 23.3 Å². The highest BCUT2D eigenvalue weighted by atomic mass is 35.5. The van der Waals surface area contributed by atoms with Crippen molar-refractivity contribution in [2.24, 2.45) is 5.73 Å². The smallest absolute Gasteiger partial charge is 0.352 e. The summed E-state index contributed by atoms with van der Waals surface area (Å²) in [5.74, 6) is -1.19. The van der Waals surface area contributed by atoms with E-state index in [2.05, 4.69) is 15.4 Å². The van der Waals surface area contributed by atoms with Gasteiger partial charge >= 0.3 is 6.18 Å². The Balaban J connectivity index is 2.49. The second-order valence-electron chi connectivity index (χ2n) is 4.67. The van der Waals surface area contributed by atoms with E-state index in [9.17, 15) is 18.0 Å². The third-order valence-electron chi connectivity index (χ3n) is 2.94. The Labute approximate surface area is 144 Å². The molecule has 0 aliphatic heterocycles. The van der Waals surface area contributed by atoms with E-state index in [1.165, 1.54) is 6.07 Å². The molecule has 0 radical (unpaired) electrons. The van der Waals surface area contributed by atoms with Crippen molar-refractivity contribution >= 4 is 29.1 Å². The van der Waals surface area contributed by atoms with Crippen LogP contribution < -0.4 is 11.1 Å². The Kier molecular flexibility index (Phi) is 5.68. The van der Waals surface area contributed by atoms with E-state index in [-0.39, 0.29) is 22.4 Å². The predicted molar refractivity (Wildman–Crippen MR) is 82.4 cm³/mol. The van der Waals surface area contributed by atoms with Crippen LogP contribution in [0, 0.1) is 0 Å². The highest BCUT2D eigenvalue weighted by Crippen LogP contribution is 2.34. The molecule has 0 aliphatic rings. The van der Waals surface area contributed by atoms with E-state index in [1.807, 2.05) is 0 Å². The van der Waals surface area contributed by atoms with Crippen LogP contribution in [0.5, 0.6) is 0 Å². The summed E-state index contributed by atoms with van der Waals surface area (Å²) in [5.41, 5.74) is 3.37. The number of aromatic nitrogens is 3. The SMILES string of the molecule is NCCCNC(=O)c1cnn(-c2ncc(Cl)cc2Cl)c1C(F)(F)F. The molecule has 0 unspecified atom stereocenters. The molecule has 0 atom stereocenters. The van der Waals surface area contributed by atoms with Crippen molar-refractivity contribution < 1.29 is 18.0 Å². The topological polar surface area (TPSA) is 85.8 Å². The van der Waals surface area contributed by atoms with Gasteiger partial charge in [-0.2, -0.15) is 18.3 Å². The van der Waals surface area contributed by atoms with Gasteiger partial charge in [-0.15, -0.1) is 0 Å². The lowest BCUT2D eigenvalue weighted by Crippen LogP contribution is -2.28. The number of rotatable bonds is 5. The number of nitrogens with two attached hydrogens (primary N) is 1. The molecule has 0 saturated heterocycles. The molecule has 0 fully saturated rings. The maximum absolute atomic E-state index is 13.4. The first-order valence-electron chi connectivity index (χ1n) is 6.70. The quantitative estimate of drug-likeness (QED) is 0.779. The number of nitrogens with one attached hydrogen (secondary N) is 1. The number of hydrogen-bond donors (Lipinski definition) is 2. The second kappa shape index (κ2) is 7.37. The number of amides is 1. The second-order valence-corrected chi connectivity index (χ2v) is 5.52. The van der Waals surface area contributed by atoms with Gasteiger partial charge in [0.25, 0.3) is 5.91 Å². The lowest BCUT2D eigenvalue weighted by molar-refractivity contribution is -0.143. The van der Waals surface area contributed by atoms with Crippen LogP contribution in [0.25, 0.3) is 5.82 Å². The Morgan fingerprint density at radius 3 is 2.62 bits per heavy atom. The molecule has 1 amide bonds. The molecule has 0 saturated carbocycles. The predicted octanol–water partition coefficient (Wildman–Crippen LogP) is 2.67. The van der Waals surface area contributed by atoms with Crippen molar-refractivity contribution in [3.8, 4) is 5.82 Å². The van der Waals surface area contributed by atoms with Crippen LogP contribution in [0.1, 0.15) is 22.5 Å². The fourth-order valence-electron chi connectivity index (χ4n) is 1.91. The van der Waals surface area contributed by atoms with Gasteiger partial charge in [-0.3, -0.25) is 4.79 Å². The Morgan fingerprint density at radius 1 is 1.33 bits per heavy atom. The van der Waals surface area contributed by atoms with Gasteiger partial charge in [0.2, 0.25) is 0 Å². The van der Waals surface area contributed by atoms with Crippen LogP contribution in [0.4, 0.5) is 13.2 Å². The fourth-order valence-corrected chi connectivity index (χ4v) is 2.37. The highest BCUT2D eigenvalue weighted by Gasteiger charge is 2.41. The fraction of sp³-hybridized carbons (Fsp3) is 0.308. The minimum absolute atomic E-state index is 0.133. The van der Waals surface area contributed by atoms with Gasteiger partial charge in [0.05, 0.1) is 21.8 Å². The zero-order valence-corrected chi connectivity index (χ0v) is 13.6. The Hall–Kier alpha value is -1.84. The van der Waals surface area contributed by atoms with Crippen LogP contribution in [-0.2, 0) is 6.18 Å². The molecule has 130 valence electrons. The van der Waals surface area contributed by atoms with Crippen molar-refractivity contribution in [3.63, 3.8) is 0 Å². The largest absolute Gasteiger partial charge is 0.434 e. The summed E-state index contributed by atoms with van der Waals surface area (Å²) in [5, 5.41) is 5.99. The number of nitrogens with zero attached hydrogens (tertiary/aromatic N) is 3. The van der Waals surface area contributed by atoms with Crippen molar-refractivity contribution in [2.75, 3.05) is 13.1 Å². The molecule has 0 spiro atoms. The van der Waals surface area contributed by atoms with Gasteiger partial charge in [0.15, 0.2) is 11.5 Å².